The van der Waals surface area contributed by atoms with E-state index in [0.29, 0.717) is 0 Å². The fourth-order valence-corrected chi connectivity index (χ4v) is 2.23. The molecule has 2 aromatic heterocycles. The second-order valence-electron chi connectivity index (χ2n) is 6.16. The van der Waals surface area contributed by atoms with Crippen molar-refractivity contribution >= 4 is 10.9 Å². The normalized spacial score (nSPS) is 11.8. The highest BCUT2D eigenvalue weighted by molar-refractivity contribution is 5.86. The second-order valence-corrected chi connectivity index (χ2v) is 6.16. The minimum atomic E-state index is -0.263. The molecule has 0 N–H and O–H groups in total. The van der Waals surface area contributed by atoms with Crippen molar-refractivity contribution in [1.82, 2.24) is 14.8 Å². The van der Waals surface area contributed by atoms with Gasteiger partial charge in [0.15, 0.2) is 5.82 Å². The highest BCUT2D eigenvalue weighted by atomic mass is 16.5. The van der Waals surface area contributed by atoms with Crippen molar-refractivity contribution in [1.29, 1.82) is 0 Å². The molecule has 0 amide bonds. The van der Waals surface area contributed by atoms with Gasteiger partial charge in [0.05, 0.1) is 5.52 Å². The third-order valence-corrected chi connectivity index (χ3v) is 3.07. The summed E-state index contributed by atoms with van der Waals surface area (Å²) >= 11 is 0. The molecular weight excluding hydrogens is 262 g/mol. The van der Waals surface area contributed by atoms with Crippen LogP contribution in [0.15, 0.2) is 42.7 Å². The molecule has 3 aromatic rings. The van der Waals surface area contributed by atoms with E-state index in [2.05, 4.69) is 35.2 Å². The fourth-order valence-electron chi connectivity index (χ4n) is 2.23. The molecule has 108 valence electrons. The molecule has 0 bridgehead atoms. The van der Waals surface area contributed by atoms with Crippen molar-refractivity contribution in [2.24, 2.45) is 0 Å². The standard InChI is InChI=1S/C17H19N3O/c1-12-6-7-13-14(10-12)19-16(20-9-5-8-18-20)11-15(13)21-17(2,3)4/h5-11H,1-4H3. The number of benzene rings is 1. The average Bonchev–Trinajstić information content (AvgIpc) is 2.89. The van der Waals surface area contributed by atoms with Gasteiger partial charge in [-0.15, -0.1) is 0 Å². The van der Waals surface area contributed by atoms with E-state index >= 15 is 0 Å². The van der Waals surface area contributed by atoms with Crippen LogP contribution in [0.25, 0.3) is 16.7 Å². The zero-order valence-corrected chi connectivity index (χ0v) is 12.8. The van der Waals surface area contributed by atoms with Gasteiger partial charge >= 0.3 is 0 Å². The van der Waals surface area contributed by atoms with Crippen molar-refractivity contribution in [3.05, 3.63) is 48.3 Å². The lowest BCUT2D eigenvalue weighted by Gasteiger charge is -2.23. The molecule has 21 heavy (non-hydrogen) atoms. The maximum Gasteiger partial charge on any atom is 0.157 e. The molecule has 0 aliphatic heterocycles. The monoisotopic (exact) mass is 281 g/mol. The van der Waals surface area contributed by atoms with Crippen LogP contribution < -0.4 is 4.74 Å². The van der Waals surface area contributed by atoms with Crippen molar-refractivity contribution < 1.29 is 4.74 Å². The molecule has 0 saturated heterocycles. The Balaban J connectivity index is 2.23. The first-order valence-electron chi connectivity index (χ1n) is 7.03. The SMILES string of the molecule is Cc1ccc2c(OC(C)(C)C)cc(-n3cccn3)nc2c1. The van der Waals surface area contributed by atoms with Crippen LogP contribution in [0.3, 0.4) is 0 Å². The van der Waals surface area contributed by atoms with Crippen molar-refractivity contribution in [3.8, 4) is 11.6 Å². The number of nitrogens with zero attached hydrogens (tertiary/aromatic N) is 3. The molecule has 3 rings (SSSR count). The Kier molecular flexibility index (Phi) is 3.16. The molecule has 0 atom stereocenters. The Hall–Kier alpha value is -2.36. The first-order chi connectivity index (χ1) is 9.92. The molecule has 0 aliphatic rings. The zero-order chi connectivity index (χ0) is 15.0. The third-order valence-electron chi connectivity index (χ3n) is 3.07. The Labute approximate surface area is 124 Å². The first kappa shape index (κ1) is 13.6. The molecule has 4 nitrogen and oxygen atoms in total. The average molecular weight is 281 g/mol. The molecule has 0 unspecified atom stereocenters. The highest BCUT2D eigenvalue weighted by Gasteiger charge is 2.16. The number of hydrogen-bond donors (Lipinski definition) is 0. The van der Waals surface area contributed by atoms with E-state index in [0.717, 1.165) is 22.5 Å². The number of aryl methyl sites for hydroxylation is 1. The molecule has 2 heterocycles. The summed E-state index contributed by atoms with van der Waals surface area (Å²) in [5, 5.41) is 5.27. The predicted octanol–water partition coefficient (Wildman–Crippen LogP) is 3.91. The van der Waals surface area contributed by atoms with Crippen LogP contribution in [0.4, 0.5) is 0 Å². The van der Waals surface area contributed by atoms with Gasteiger partial charge in [-0.05, 0) is 51.5 Å². The molecule has 0 saturated carbocycles. The number of ether oxygens (including phenoxy) is 1. The lowest BCUT2D eigenvalue weighted by atomic mass is 10.1. The molecule has 0 spiro atoms. The van der Waals surface area contributed by atoms with E-state index < -0.39 is 0 Å². The van der Waals surface area contributed by atoms with Crippen LogP contribution in [0, 0.1) is 6.92 Å². The zero-order valence-electron chi connectivity index (χ0n) is 12.8. The lowest BCUT2D eigenvalue weighted by molar-refractivity contribution is 0.133. The number of fused-ring (bicyclic) bond motifs is 1. The molecule has 0 aliphatic carbocycles. The molecule has 0 fully saturated rings. The fraction of sp³-hybridized carbons (Fsp3) is 0.294. The van der Waals surface area contributed by atoms with Crippen molar-refractivity contribution in [2.75, 3.05) is 0 Å². The Bertz CT molecular complexity index is 771. The van der Waals surface area contributed by atoms with Gasteiger partial charge in [0.25, 0.3) is 0 Å². The van der Waals surface area contributed by atoms with E-state index in [-0.39, 0.29) is 5.60 Å². The van der Waals surface area contributed by atoms with Crippen LogP contribution in [0.5, 0.6) is 5.75 Å². The maximum atomic E-state index is 6.11. The summed E-state index contributed by atoms with van der Waals surface area (Å²) in [6, 6.07) is 10.0. The van der Waals surface area contributed by atoms with Gasteiger partial charge in [0, 0.05) is 23.8 Å². The minimum Gasteiger partial charge on any atom is -0.487 e. The van der Waals surface area contributed by atoms with Gasteiger partial charge in [-0.1, -0.05) is 6.07 Å². The van der Waals surface area contributed by atoms with Gasteiger partial charge in [0.1, 0.15) is 11.4 Å². The summed E-state index contributed by atoms with van der Waals surface area (Å²) in [5.74, 6) is 1.59. The lowest BCUT2D eigenvalue weighted by Crippen LogP contribution is -2.23. The van der Waals surface area contributed by atoms with E-state index in [1.165, 1.54) is 5.56 Å². The van der Waals surface area contributed by atoms with Crippen LogP contribution in [0.2, 0.25) is 0 Å². The first-order valence-corrected chi connectivity index (χ1v) is 7.03. The van der Waals surface area contributed by atoms with Gasteiger partial charge < -0.3 is 4.74 Å². The van der Waals surface area contributed by atoms with E-state index in [4.69, 9.17) is 4.74 Å². The third kappa shape index (κ3) is 2.89. The minimum absolute atomic E-state index is 0.263. The largest absolute Gasteiger partial charge is 0.487 e. The highest BCUT2D eigenvalue weighted by Crippen LogP contribution is 2.30. The summed E-state index contributed by atoms with van der Waals surface area (Å²) < 4.78 is 7.86. The smallest absolute Gasteiger partial charge is 0.157 e. The Morgan fingerprint density at radius 3 is 2.62 bits per heavy atom. The van der Waals surface area contributed by atoms with E-state index in [1.54, 1.807) is 10.9 Å². The summed E-state index contributed by atoms with van der Waals surface area (Å²) in [6.45, 7) is 8.19. The molecule has 4 heteroatoms. The van der Waals surface area contributed by atoms with Crippen molar-refractivity contribution in [3.63, 3.8) is 0 Å². The Morgan fingerprint density at radius 2 is 1.95 bits per heavy atom. The Morgan fingerprint density at radius 1 is 1.14 bits per heavy atom. The number of pyridine rings is 1. The summed E-state index contributed by atoms with van der Waals surface area (Å²) in [4.78, 5) is 4.69. The van der Waals surface area contributed by atoms with Crippen LogP contribution in [-0.4, -0.2) is 20.4 Å². The van der Waals surface area contributed by atoms with Gasteiger partial charge in [-0.3, -0.25) is 0 Å². The summed E-state index contributed by atoms with van der Waals surface area (Å²) in [7, 11) is 0. The quantitative estimate of drug-likeness (QED) is 0.715. The summed E-state index contributed by atoms with van der Waals surface area (Å²) in [5.41, 5.74) is 1.83. The number of aromatic nitrogens is 3. The van der Waals surface area contributed by atoms with Gasteiger partial charge in [-0.25, -0.2) is 9.67 Å². The molecular formula is C17H19N3O. The maximum absolute atomic E-state index is 6.11. The molecule has 1 aromatic carbocycles. The van der Waals surface area contributed by atoms with E-state index in [9.17, 15) is 0 Å². The second kappa shape index (κ2) is 4.88. The van der Waals surface area contributed by atoms with Gasteiger partial charge in [-0.2, -0.15) is 5.10 Å². The number of hydrogen-bond acceptors (Lipinski definition) is 3. The number of rotatable bonds is 2. The summed E-state index contributed by atoms with van der Waals surface area (Å²) in [6.07, 6.45) is 3.62. The van der Waals surface area contributed by atoms with Crippen LogP contribution in [-0.2, 0) is 0 Å². The van der Waals surface area contributed by atoms with Crippen LogP contribution in [0.1, 0.15) is 26.3 Å². The van der Waals surface area contributed by atoms with E-state index in [1.807, 2.05) is 39.1 Å². The van der Waals surface area contributed by atoms with Crippen LogP contribution >= 0.6 is 0 Å². The van der Waals surface area contributed by atoms with Gasteiger partial charge in [0.2, 0.25) is 0 Å². The molecule has 0 radical (unpaired) electrons. The van der Waals surface area contributed by atoms with Crippen molar-refractivity contribution in [2.45, 2.75) is 33.3 Å². The topological polar surface area (TPSA) is 39.9 Å². The predicted molar refractivity (Wildman–Crippen MR) is 84.0 cm³/mol.